The van der Waals surface area contributed by atoms with Crippen molar-refractivity contribution in [2.75, 3.05) is 37.6 Å². The van der Waals surface area contributed by atoms with E-state index < -0.39 is 0 Å². The first kappa shape index (κ1) is 16.4. The number of nitrogens with zero attached hydrogens (tertiary/aromatic N) is 3. The lowest BCUT2D eigenvalue weighted by Crippen LogP contribution is -2.47. The zero-order chi connectivity index (χ0) is 16.9. The summed E-state index contributed by atoms with van der Waals surface area (Å²) in [6.45, 7) is 4.19. The van der Waals surface area contributed by atoms with E-state index in [2.05, 4.69) is 14.8 Å². The summed E-state index contributed by atoms with van der Waals surface area (Å²) in [4.78, 5) is 19.9. The number of hydrogen-bond donors (Lipinski definition) is 1. The zero-order valence-corrected chi connectivity index (χ0v) is 13.5. The number of carbonyl (C=O) groups is 1. The molecule has 0 spiro atoms. The first-order valence-electron chi connectivity index (χ1n) is 8.10. The topological polar surface area (TPSA) is 62.5 Å². The summed E-state index contributed by atoms with van der Waals surface area (Å²) in [6, 6.07) is 10.4. The van der Waals surface area contributed by atoms with Crippen LogP contribution in [0.1, 0.15) is 6.42 Å². The molecule has 24 heavy (non-hydrogen) atoms. The van der Waals surface area contributed by atoms with Gasteiger partial charge in [0.1, 0.15) is 5.82 Å². The van der Waals surface area contributed by atoms with Gasteiger partial charge in [-0.25, -0.2) is 4.39 Å². The number of nitrogens with two attached hydrogens (primary N) is 1. The van der Waals surface area contributed by atoms with Gasteiger partial charge in [0.05, 0.1) is 11.4 Å². The van der Waals surface area contributed by atoms with Crippen LogP contribution < -0.4 is 10.6 Å². The van der Waals surface area contributed by atoms with Crippen molar-refractivity contribution in [3.63, 3.8) is 0 Å². The lowest BCUT2D eigenvalue weighted by Gasteiger charge is -2.36. The second-order valence-corrected chi connectivity index (χ2v) is 5.92. The van der Waals surface area contributed by atoms with Crippen LogP contribution in [0.5, 0.6) is 0 Å². The highest BCUT2D eigenvalue weighted by atomic mass is 19.1. The molecule has 1 aliphatic rings. The van der Waals surface area contributed by atoms with Gasteiger partial charge in [-0.1, -0.05) is 0 Å². The lowest BCUT2D eigenvalue weighted by molar-refractivity contribution is -0.118. The highest BCUT2D eigenvalue weighted by Crippen LogP contribution is 2.29. The van der Waals surface area contributed by atoms with Crippen molar-refractivity contribution < 1.29 is 9.18 Å². The third kappa shape index (κ3) is 3.89. The molecule has 0 bridgehead atoms. The molecule has 0 radical (unpaired) electrons. The highest BCUT2D eigenvalue weighted by Gasteiger charge is 2.20. The Balaban J connectivity index is 1.72. The maximum absolute atomic E-state index is 13.2. The highest BCUT2D eigenvalue weighted by molar-refractivity contribution is 5.75. The molecule has 0 unspecified atom stereocenters. The average molecular weight is 328 g/mol. The van der Waals surface area contributed by atoms with Gasteiger partial charge in [0, 0.05) is 50.9 Å². The van der Waals surface area contributed by atoms with Crippen molar-refractivity contribution in [2.24, 2.45) is 5.73 Å². The van der Waals surface area contributed by atoms with Crippen molar-refractivity contribution in [2.45, 2.75) is 6.42 Å². The Morgan fingerprint density at radius 3 is 2.50 bits per heavy atom. The number of hydrogen-bond acceptors (Lipinski definition) is 4. The van der Waals surface area contributed by atoms with Gasteiger partial charge >= 0.3 is 0 Å². The smallest absolute Gasteiger partial charge is 0.218 e. The Hall–Kier alpha value is -2.47. The minimum atomic E-state index is -0.261. The summed E-state index contributed by atoms with van der Waals surface area (Å²) in [5, 5.41) is 0. The number of anilines is 1. The number of pyridine rings is 1. The second kappa shape index (κ2) is 7.40. The summed E-state index contributed by atoms with van der Waals surface area (Å²) in [6.07, 6.45) is 2.15. The van der Waals surface area contributed by atoms with Crippen molar-refractivity contribution in [3.8, 4) is 11.3 Å². The molecule has 1 aromatic carbocycles. The van der Waals surface area contributed by atoms with Crippen LogP contribution in [-0.2, 0) is 4.79 Å². The van der Waals surface area contributed by atoms with Crippen molar-refractivity contribution in [1.29, 1.82) is 0 Å². The molecule has 1 amide bonds. The van der Waals surface area contributed by atoms with Gasteiger partial charge in [-0.3, -0.25) is 14.7 Å². The molecule has 0 saturated carbocycles. The number of halogens is 1. The molecule has 126 valence electrons. The SMILES string of the molecule is NC(=O)CCN1CCN(c2cccnc2-c2ccc(F)cc2)CC1. The van der Waals surface area contributed by atoms with Crippen molar-refractivity contribution in [1.82, 2.24) is 9.88 Å². The molecular weight excluding hydrogens is 307 g/mol. The third-order valence-corrected chi connectivity index (χ3v) is 4.29. The van der Waals surface area contributed by atoms with E-state index in [0.29, 0.717) is 13.0 Å². The monoisotopic (exact) mass is 328 g/mol. The number of benzene rings is 1. The van der Waals surface area contributed by atoms with Gasteiger partial charge in [-0.15, -0.1) is 0 Å². The van der Waals surface area contributed by atoms with Crippen molar-refractivity contribution in [3.05, 3.63) is 48.4 Å². The molecule has 5 nitrogen and oxygen atoms in total. The number of piperazine rings is 1. The van der Waals surface area contributed by atoms with Crippen LogP contribution in [0.2, 0.25) is 0 Å². The van der Waals surface area contributed by atoms with E-state index in [0.717, 1.165) is 43.1 Å². The van der Waals surface area contributed by atoms with E-state index in [-0.39, 0.29) is 11.7 Å². The summed E-state index contributed by atoms with van der Waals surface area (Å²) >= 11 is 0. The molecule has 1 aromatic heterocycles. The largest absolute Gasteiger partial charge is 0.370 e. The Morgan fingerprint density at radius 1 is 1.12 bits per heavy atom. The Kier molecular flexibility index (Phi) is 5.05. The number of aromatic nitrogens is 1. The van der Waals surface area contributed by atoms with Crippen molar-refractivity contribution >= 4 is 11.6 Å². The number of amides is 1. The van der Waals surface area contributed by atoms with E-state index in [1.54, 1.807) is 18.3 Å². The zero-order valence-electron chi connectivity index (χ0n) is 13.5. The van der Waals surface area contributed by atoms with Crippen LogP contribution in [0.4, 0.5) is 10.1 Å². The van der Waals surface area contributed by atoms with Crippen LogP contribution in [-0.4, -0.2) is 48.5 Å². The summed E-state index contributed by atoms with van der Waals surface area (Å²) < 4.78 is 13.2. The first-order valence-corrected chi connectivity index (χ1v) is 8.10. The molecule has 6 heteroatoms. The second-order valence-electron chi connectivity index (χ2n) is 5.92. The van der Waals surface area contributed by atoms with Crippen LogP contribution in [0.3, 0.4) is 0 Å². The first-order chi connectivity index (χ1) is 11.6. The summed E-state index contributed by atoms with van der Waals surface area (Å²) in [5.74, 6) is -0.511. The molecule has 2 heterocycles. The Bertz CT molecular complexity index is 696. The Morgan fingerprint density at radius 2 is 1.83 bits per heavy atom. The average Bonchev–Trinajstić information content (AvgIpc) is 2.61. The van der Waals surface area contributed by atoms with E-state index in [1.807, 2.05) is 12.1 Å². The molecule has 1 aliphatic heterocycles. The lowest BCUT2D eigenvalue weighted by atomic mass is 10.1. The Labute approximate surface area is 140 Å². The van der Waals surface area contributed by atoms with E-state index >= 15 is 0 Å². The van der Waals surface area contributed by atoms with Crippen LogP contribution in [0.15, 0.2) is 42.6 Å². The number of primary amides is 1. The van der Waals surface area contributed by atoms with Crippen LogP contribution in [0, 0.1) is 5.82 Å². The van der Waals surface area contributed by atoms with Gasteiger partial charge in [-0.2, -0.15) is 0 Å². The quantitative estimate of drug-likeness (QED) is 0.910. The van der Waals surface area contributed by atoms with E-state index in [4.69, 9.17) is 5.73 Å². The third-order valence-electron chi connectivity index (χ3n) is 4.29. The summed E-state index contributed by atoms with van der Waals surface area (Å²) in [5.41, 5.74) is 8.04. The molecule has 1 saturated heterocycles. The van der Waals surface area contributed by atoms with Crippen LogP contribution in [0.25, 0.3) is 11.3 Å². The molecule has 0 atom stereocenters. The maximum Gasteiger partial charge on any atom is 0.218 e. The minimum Gasteiger partial charge on any atom is -0.370 e. The summed E-state index contributed by atoms with van der Waals surface area (Å²) in [7, 11) is 0. The van der Waals surface area contributed by atoms with Gasteiger partial charge in [-0.05, 0) is 36.4 Å². The van der Waals surface area contributed by atoms with Gasteiger partial charge < -0.3 is 10.6 Å². The number of carbonyl (C=O) groups excluding carboxylic acids is 1. The molecule has 3 rings (SSSR count). The molecule has 2 N–H and O–H groups in total. The predicted octanol–water partition coefficient (Wildman–Crippen LogP) is 1.89. The standard InChI is InChI=1S/C18H21FN4O/c19-15-5-3-14(4-6-15)18-16(2-1-8-21-18)23-12-10-22(11-13-23)9-7-17(20)24/h1-6,8H,7,9-13H2,(H2,20,24). The minimum absolute atomic E-state index is 0.251. The van der Waals surface area contributed by atoms with Gasteiger partial charge in [0.2, 0.25) is 5.91 Å². The maximum atomic E-state index is 13.2. The van der Waals surface area contributed by atoms with Gasteiger partial charge in [0.15, 0.2) is 0 Å². The van der Waals surface area contributed by atoms with E-state index in [9.17, 15) is 9.18 Å². The van der Waals surface area contributed by atoms with Crippen LogP contribution >= 0.6 is 0 Å². The van der Waals surface area contributed by atoms with Gasteiger partial charge in [0.25, 0.3) is 0 Å². The molecule has 0 aliphatic carbocycles. The normalized spacial score (nSPS) is 15.5. The van der Waals surface area contributed by atoms with E-state index in [1.165, 1.54) is 12.1 Å². The number of rotatable bonds is 5. The predicted molar refractivity (Wildman–Crippen MR) is 92.1 cm³/mol. The fourth-order valence-corrected chi connectivity index (χ4v) is 2.96. The molecule has 1 fully saturated rings. The fraction of sp³-hybridized carbons (Fsp3) is 0.333. The molecular formula is C18H21FN4O. The molecule has 2 aromatic rings. The fourth-order valence-electron chi connectivity index (χ4n) is 2.96.